The molecule has 0 spiro atoms. The zero-order valence-electron chi connectivity index (χ0n) is 13.6. The van der Waals surface area contributed by atoms with Crippen LogP contribution in [-0.4, -0.2) is 65.2 Å². The molecule has 2 heterocycles. The van der Waals surface area contributed by atoms with Crippen LogP contribution in [0.2, 0.25) is 0 Å². The second-order valence-electron chi connectivity index (χ2n) is 5.74. The van der Waals surface area contributed by atoms with E-state index >= 15 is 0 Å². The number of H-pyrrole nitrogens is 1. The van der Waals surface area contributed by atoms with E-state index in [1.807, 2.05) is 30.3 Å². The number of benzene rings is 1. The molecule has 2 N–H and O–H groups in total. The summed E-state index contributed by atoms with van der Waals surface area (Å²) in [6.07, 6.45) is 5.05. The smallest absolute Gasteiger partial charge is 0.312 e. The maximum atomic E-state index is 12.6. The molecule has 7 heteroatoms. The SMILES string of the molecule is C#CCNC(=O)C(=O)N1CCN(C(=O)c2cc3ccccc3[nH]2)CC1. The van der Waals surface area contributed by atoms with Crippen molar-refractivity contribution in [2.45, 2.75) is 0 Å². The van der Waals surface area contributed by atoms with Crippen molar-refractivity contribution in [1.29, 1.82) is 0 Å². The average molecular weight is 338 g/mol. The summed E-state index contributed by atoms with van der Waals surface area (Å²) in [4.78, 5) is 42.5. The van der Waals surface area contributed by atoms with Crippen LogP contribution >= 0.6 is 0 Å². The normalized spacial score (nSPS) is 14.2. The molecule has 0 saturated carbocycles. The Morgan fingerprint density at radius 3 is 2.48 bits per heavy atom. The Morgan fingerprint density at radius 1 is 1.12 bits per heavy atom. The Balaban J connectivity index is 1.60. The number of hydrogen-bond donors (Lipinski definition) is 2. The fourth-order valence-electron chi connectivity index (χ4n) is 2.82. The fourth-order valence-corrected chi connectivity index (χ4v) is 2.82. The summed E-state index contributed by atoms with van der Waals surface area (Å²) >= 11 is 0. The Morgan fingerprint density at radius 2 is 1.80 bits per heavy atom. The van der Waals surface area contributed by atoms with Crippen LogP contribution < -0.4 is 5.32 Å². The highest BCUT2D eigenvalue weighted by Crippen LogP contribution is 2.16. The second kappa shape index (κ2) is 7.09. The molecule has 1 aliphatic rings. The van der Waals surface area contributed by atoms with Gasteiger partial charge in [0, 0.05) is 37.1 Å². The van der Waals surface area contributed by atoms with Crippen molar-refractivity contribution in [2.24, 2.45) is 0 Å². The van der Waals surface area contributed by atoms with Gasteiger partial charge in [-0.3, -0.25) is 14.4 Å². The van der Waals surface area contributed by atoms with Crippen molar-refractivity contribution >= 4 is 28.6 Å². The Kier molecular flexibility index (Phi) is 4.70. The molecule has 1 aliphatic heterocycles. The number of aromatic nitrogens is 1. The van der Waals surface area contributed by atoms with Gasteiger partial charge < -0.3 is 20.1 Å². The van der Waals surface area contributed by atoms with Gasteiger partial charge >= 0.3 is 11.8 Å². The van der Waals surface area contributed by atoms with Crippen LogP contribution in [-0.2, 0) is 9.59 Å². The van der Waals surface area contributed by atoms with Crippen LogP contribution in [0.25, 0.3) is 10.9 Å². The van der Waals surface area contributed by atoms with Crippen molar-refractivity contribution in [1.82, 2.24) is 20.1 Å². The number of carbonyl (C=O) groups excluding carboxylic acids is 3. The minimum Gasteiger partial charge on any atom is -0.351 e. The van der Waals surface area contributed by atoms with Gasteiger partial charge in [0.1, 0.15) is 5.69 Å². The average Bonchev–Trinajstić information content (AvgIpc) is 3.09. The van der Waals surface area contributed by atoms with Crippen LogP contribution in [0.5, 0.6) is 0 Å². The summed E-state index contributed by atoms with van der Waals surface area (Å²) in [5, 5.41) is 3.33. The number of terminal acetylenes is 1. The van der Waals surface area contributed by atoms with Gasteiger partial charge in [0.05, 0.1) is 6.54 Å². The quantitative estimate of drug-likeness (QED) is 0.606. The monoisotopic (exact) mass is 338 g/mol. The van der Waals surface area contributed by atoms with E-state index in [9.17, 15) is 14.4 Å². The highest BCUT2D eigenvalue weighted by atomic mass is 16.2. The molecule has 25 heavy (non-hydrogen) atoms. The summed E-state index contributed by atoms with van der Waals surface area (Å²) in [6, 6.07) is 9.50. The first kappa shape index (κ1) is 16.6. The maximum Gasteiger partial charge on any atom is 0.312 e. The molecule has 3 rings (SSSR count). The van der Waals surface area contributed by atoms with Crippen LogP contribution in [0.4, 0.5) is 0 Å². The van der Waals surface area contributed by atoms with Gasteiger partial charge in [0.25, 0.3) is 5.91 Å². The Labute approximate surface area is 145 Å². The van der Waals surface area contributed by atoms with Crippen LogP contribution in [0.3, 0.4) is 0 Å². The predicted molar refractivity (Wildman–Crippen MR) is 92.6 cm³/mol. The Hall–Kier alpha value is -3.27. The number of carbonyl (C=O) groups is 3. The van der Waals surface area contributed by atoms with Crippen LogP contribution in [0.1, 0.15) is 10.5 Å². The van der Waals surface area contributed by atoms with E-state index in [4.69, 9.17) is 6.42 Å². The standard InChI is InChI=1S/C18H18N4O3/c1-2-7-19-16(23)18(25)22-10-8-21(9-11-22)17(24)15-12-13-5-3-4-6-14(13)20-15/h1,3-6,12,20H,7-11H2,(H,19,23). The lowest BCUT2D eigenvalue weighted by Crippen LogP contribution is -2.53. The fraction of sp³-hybridized carbons (Fsp3) is 0.278. The molecule has 0 unspecified atom stereocenters. The van der Waals surface area contributed by atoms with E-state index in [0.717, 1.165) is 10.9 Å². The second-order valence-corrected chi connectivity index (χ2v) is 5.74. The molecule has 3 amide bonds. The molecule has 1 aromatic heterocycles. The molecule has 0 radical (unpaired) electrons. The molecule has 128 valence electrons. The van der Waals surface area contributed by atoms with E-state index < -0.39 is 11.8 Å². The molecule has 0 bridgehead atoms. The topological polar surface area (TPSA) is 85.5 Å². The minimum absolute atomic E-state index is 0.0173. The number of fused-ring (bicyclic) bond motifs is 1. The van der Waals surface area contributed by atoms with Gasteiger partial charge in [-0.05, 0) is 12.1 Å². The highest BCUT2D eigenvalue weighted by Gasteiger charge is 2.28. The van der Waals surface area contributed by atoms with Gasteiger partial charge in [0.15, 0.2) is 0 Å². The molecular formula is C18H18N4O3. The first-order chi connectivity index (χ1) is 12.1. The number of hydrogen-bond acceptors (Lipinski definition) is 3. The summed E-state index contributed by atoms with van der Waals surface area (Å²) in [5.74, 6) is 0.805. The number of aromatic amines is 1. The number of amides is 3. The number of nitrogens with zero attached hydrogens (tertiary/aromatic N) is 2. The van der Waals surface area contributed by atoms with E-state index in [-0.39, 0.29) is 12.5 Å². The molecule has 0 aliphatic carbocycles. The summed E-state index contributed by atoms with van der Waals surface area (Å²) < 4.78 is 0. The number of para-hydroxylation sites is 1. The largest absolute Gasteiger partial charge is 0.351 e. The maximum absolute atomic E-state index is 12.6. The minimum atomic E-state index is -0.714. The summed E-state index contributed by atoms with van der Waals surface area (Å²) in [5.41, 5.74) is 1.43. The summed E-state index contributed by atoms with van der Waals surface area (Å²) in [6.45, 7) is 1.40. The lowest BCUT2D eigenvalue weighted by atomic mass is 10.2. The first-order valence-electron chi connectivity index (χ1n) is 7.97. The van der Waals surface area contributed by atoms with Gasteiger partial charge in [-0.15, -0.1) is 6.42 Å². The van der Waals surface area contributed by atoms with Gasteiger partial charge in [-0.1, -0.05) is 24.1 Å². The summed E-state index contributed by atoms with van der Waals surface area (Å²) in [7, 11) is 0. The number of piperazine rings is 1. The molecule has 0 atom stereocenters. The molecule has 1 aromatic carbocycles. The third-order valence-corrected chi connectivity index (χ3v) is 4.16. The molecule has 7 nitrogen and oxygen atoms in total. The highest BCUT2D eigenvalue weighted by molar-refractivity contribution is 6.35. The van der Waals surface area contributed by atoms with E-state index in [1.54, 1.807) is 4.90 Å². The Bertz CT molecular complexity index is 824. The van der Waals surface area contributed by atoms with Crippen molar-refractivity contribution in [2.75, 3.05) is 32.7 Å². The lowest BCUT2D eigenvalue weighted by Gasteiger charge is -2.34. The molecule has 1 saturated heterocycles. The third-order valence-electron chi connectivity index (χ3n) is 4.16. The van der Waals surface area contributed by atoms with Gasteiger partial charge in [0.2, 0.25) is 0 Å². The molecule has 1 fully saturated rings. The van der Waals surface area contributed by atoms with E-state index in [2.05, 4.69) is 16.2 Å². The zero-order chi connectivity index (χ0) is 17.8. The predicted octanol–water partition coefficient (Wildman–Crippen LogP) is 0.202. The van der Waals surface area contributed by atoms with Crippen molar-refractivity contribution in [3.8, 4) is 12.3 Å². The first-order valence-corrected chi connectivity index (χ1v) is 7.97. The lowest BCUT2D eigenvalue weighted by molar-refractivity contribution is -0.146. The van der Waals surface area contributed by atoms with Gasteiger partial charge in [-0.25, -0.2) is 0 Å². The van der Waals surface area contributed by atoms with E-state index in [0.29, 0.717) is 31.9 Å². The van der Waals surface area contributed by atoms with Gasteiger partial charge in [-0.2, -0.15) is 0 Å². The van der Waals surface area contributed by atoms with E-state index in [1.165, 1.54) is 4.90 Å². The van der Waals surface area contributed by atoms with Crippen LogP contribution in [0.15, 0.2) is 30.3 Å². The van der Waals surface area contributed by atoms with Crippen molar-refractivity contribution < 1.29 is 14.4 Å². The molecule has 2 aromatic rings. The zero-order valence-corrected chi connectivity index (χ0v) is 13.6. The third kappa shape index (κ3) is 3.48. The van der Waals surface area contributed by atoms with Crippen LogP contribution in [0, 0.1) is 12.3 Å². The number of nitrogens with one attached hydrogen (secondary N) is 2. The van der Waals surface area contributed by atoms with Crippen molar-refractivity contribution in [3.63, 3.8) is 0 Å². The molecular weight excluding hydrogens is 320 g/mol. The van der Waals surface area contributed by atoms with Crippen molar-refractivity contribution in [3.05, 3.63) is 36.0 Å². The number of rotatable bonds is 2.